The number of hydrogen-bond acceptors (Lipinski definition) is 7. The number of amides is 2. The minimum absolute atomic E-state index is 0.0222. The predicted octanol–water partition coefficient (Wildman–Crippen LogP) is 2.80. The van der Waals surface area contributed by atoms with E-state index >= 15 is 0 Å². The third-order valence-electron chi connectivity index (χ3n) is 6.25. The highest BCUT2D eigenvalue weighted by Crippen LogP contribution is 2.35. The molecule has 1 heterocycles. The van der Waals surface area contributed by atoms with Crippen LogP contribution in [-0.2, 0) is 24.4 Å². The van der Waals surface area contributed by atoms with Gasteiger partial charge >= 0.3 is 5.97 Å². The minimum Gasteiger partial charge on any atom is -0.481 e. The predicted molar refractivity (Wildman–Crippen MR) is 135 cm³/mol. The normalized spacial score (nSPS) is 18.7. The summed E-state index contributed by atoms with van der Waals surface area (Å²) in [6.45, 7) is -0.256. The molecule has 1 saturated heterocycles. The van der Waals surface area contributed by atoms with Crippen molar-refractivity contribution in [2.24, 2.45) is 5.92 Å². The van der Waals surface area contributed by atoms with Crippen LogP contribution in [0.2, 0.25) is 10.0 Å². The molecule has 15 heteroatoms. The number of carboxylic acids is 1. The molecule has 12 nitrogen and oxygen atoms in total. The summed E-state index contributed by atoms with van der Waals surface area (Å²) in [7, 11) is -4.36. The van der Waals surface area contributed by atoms with Crippen LogP contribution in [0.25, 0.3) is 0 Å². The fraction of sp³-hybridized carbons (Fsp3) is 0.348. The SMILES string of the molecule is O=C(O)CC(NC(=O)C1N(C(=O)C2CC2)CCN1S(=O)(=O)c1ccc(Cl)c(Cl)c1)c1cccc([N+](=O)[O-])c1. The number of sulfonamides is 1. The third-order valence-corrected chi connectivity index (χ3v) is 8.84. The Morgan fingerprint density at radius 2 is 1.82 bits per heavy atom. The summed E-state index contributed by atoms with van der Waals surface area (Å²) >= 11 is 11.9. The van der Waals surface area contributed by atoms with Crippen molar-refractivity contribution in [1.29, 1.82) is 0 Å². The van der Waals surface area contributed by atoms with Gasteiger partial charge in [0.25, 0.3) is 11.6 Å². The van der Waals surface area contributed by atoms with Crippen molar-refractivity contribution in [3.63, 3.8) is 0 Å². The zero-order valence-corrected chi connectivity index (χ0v) is 21.9. The number of nitro groups is 1. The maximum Gasteiger partial charge on any atom is 0.305 e. The summed E-state index contributed by atoms with van der Waals surface area (Å²) in [6, 6.07) is 7.49. The molecule has 202 valence electrons. The standard InChI is InChI=1S/C23H22Cl2N4O8S/c24-17-7-6-16(11-18(17)25)38(36,37)28-9-8-27(23(33)13-4-5-13)22(28)21(32)26-19(12-20(30)31)14-2-1-3-15(10-14)29(34)35/h1-3,6-7,10-11,13,19,22H,4-5,8-9,12H2,(H,26,32)(H,30,31). The third kappa shape index (κ3) is 5.75. The molecule has 1 aliphatic carbocycles. The molecule has 2 unspecified atom stereocenters. The summed E-state index contributed by atoms with van der Waals surface area (Å²) in [5, 5.41) is 23.2. The maximum atomic E-state index is 13.6. The number of carbonyl (C=O) groups excluding carboxylic acids is 2. The number of benzene rings is 2. The fourth-order valence-electron chi connectivity index (χ4n) is 4.23. The van der Waals surface area contributed by atoms with Gasteiger partial charge in [-0.3, -0.25) is 24.5 Å². The van der Waals surface area contributed by atoms with Crippen LogP contribution in [-0.4, -0.2) is 64.7 Å². The number of nitrogens with zero attached hydrogens (tertiary/aromatic N) is 3. The van der Waals surface area contributed by atoms with Gasteiger partial charge in [0.05, 0.1) is 32.3 Å². The van der Waals surface area contributed by atoms with Gasteiger partial charge in [-0.1, -0.05) is 35.3 Å². The Labute approximate surface area is 227 Å². The number of aliphatic carboxylic acids is 1. The fourth-order valence-corrected chi connectivity index (χ4v) is 6.16. The van der Waals surface area contributed by atoms with Crippen molar-refractivity contribution in [2.45, 2.75) is 36.4 Å². The molecular weight excluding hydrogens is 563 g/mol. The number of rotatable bonds is 9. The first-order chi connectivity index (χ1) is 17.9. The van der Waals surface area contributed by atoms with E-state index in [0.717, 1.165) is 21.3 Å². The second kappa shape index (κ2) is 10.8. The van der Waals surface area contributed by atoms with Crippen LogP contribution in [0.4, 0.5) is 5.69 Å². The van der Waals surface area contributed by atoms with Gasteiger partial charge in [-0.2, -0.15) is 4.31 Å². The highest BCUT2D eigenvalue weighted by molar-refractivity contribution is 7.89. The molecule has 2 atom stereocenters. The van der Waals surface area contributed by atoms with Crippen molar-refractivity contribution < 1.29 is 32.8 Å². The van der Waals surface area contributed by atoms with E-state index in [1.54, 1.807) is 0 Å². The molecule has 0 spiro atoms. The Morgan fingerprint density at radius 3 is 2.42 bits per heavy atom. The van der Waals surface area contributed by atoms with Crippen molar-refractivity contribution in [2.75, 3.05) is 13.1 Å². The van der Waals surface area contributed by atoms with E-state index in [1.807, 2.05) is 0 Å². The van der Waals surface area contributed by atoms with Crippen molar-refractivity contribution >= 4 is 56.7 Å². The van der Waals surface area contributed by atoms with E-state index in [1.165, 1.54) is 30.3 Å². The molecule has 2 aromatic carbocycles. The maximum absolute atomic E-state index is 13.6. The zero-order chi connectivity index (χ0) is 27.8. The number of nitro benzene ring substituents is 1. The largest absolute Gasteiger partial charge is 0.481 e. The molecule has 4 rings (SSSR count). The Kier molecular flexibility index (Phi) is 7.93. The smallest absolute Gasteiger partial charge is 0.305 e. The number of nitrogens with one attached hydrogen (secondary N) is 1. The molecule has 2 fully saturated rings. The van der Waals surface area contributed by atoms with Crippen LogP contribution in [0.15, 0.2) is 47.4 Å². The number of non-ortho nitro benzene ring substituents is 1. The van der Waals surface area contributed by atoms with Crippen molar-refractivity contribution in [1.82, 2.24) is 14.5 Å². The molecule has 0 aromatic heterocycles. The van der Waals surface area contributed by atoms with Crippen LogP contribution in [0.3, 0.4) is 0 Å². The van der Waals surface area contributed by atoms with E-state index in [0.29, 0.717) is 12.8 Å². The lowest BCUT2D eigenvalue weighted by Crippen LogP contribution is -2.54. The number of carboxylic acid groups (broad SMARTS) is 1. The second-order valence-electron chi connectivity index (χ2n) is 8.88. The van der Waals surface area contributed by atoms with Crippen LogP contribution >= 0.6 is 23.2 Å². The lowest BCUT2D eigenvalue weighted by molar-refractivity contribution is -0.384. The lowest BCUT2D eigenvalue weighted by Gasteiger charge is -2.30. The average Bonchev–Trinajstić information content (AvgIpc) is 3.61. The van der Waals surface area contributed by atoms with Gasteiger partial charge in [-0.25, -0.2) is 8.42 Å². The Balaban J connectivity index is 1.70. The van der Waals surface area contributed by atoms with Gasteiger partial charge in [0.2, 0.25) is 15.9 Å². The lowest BCUT2D eigenvalue weighted by atomic mass is 10.0. The van der Waals surface area contributed by atoms with E-state index in [9.17, 15) is 38.0 Å². The van der Waals surface area contributed by atoms with Crippen molar-refractivity contribution in [3.8, 4) is 0 Å². The first kappa shape index (κ1) is 27.8. The zero-order valence-electron chi connectivity index (χ0n) is 19.6. The quantitative estimate of drug-likeness (QED) is 0.335. The van der Waals surface area contributed by atoms with Gasteiger partial charge in [-0.05, 0) is 36.6 Å². The Morgan fingerprint density at radius 1 is 1.11 bits per heavy atom. The average molecular weight is 585 g/mol. The number of carbonyl (C=O) groups is 3. The summed E-state index contributed by atoms with van der Waals surface area (Å²) in [4.78, 5) is 49.6. The van der Waals surface area contributed by atoms with Crippen LogP contribution in [0.5, 0.6) is 0 Å². The molecule has 2 aromatic rings. The van der Waals surface area contributed by atoms with Crippen molar-refractivity contribution in [3.05, 3.63) is 68.2 Å². The summed E-state index contributed by atoms with van der Waals surface area (Å²) in [5.74, 6) is -2.97. The second-order valence-corrected chi connectivity index (χ2v) is 11.6. The molecule has 0 radical (unpaired) electrons. The van der Waals surface area contributed by atoms with Gasteiger partial charge in [0.15, 0.2) is 6.17 Å². The van der Waals surface area contributed by atoms with Crippen LogP contribution in [0, 0.1) is 16.0 Å². The van der Waals surface area contributed by atoms with E-state index in [-0.39, 0.29) is 51.1 Å². The molecular formula is C23H22Cl2N4O8S. The van der Waals surface area contributed by atoms with Gasteiger partial charge in [0, 0.05) is 31.1 Å². The summed E-state index contributed by atoms with van der Waals surface area (Å²) < 4.78 is 28.0. The van der Waals surface area contributed by atoms with Crippen LogP contribution in [0.1, 0.15) is 30.9 Å². The molecule has 0 bridgehead atoms. The number of halogens is 2. The van der Waals surface area contributed by atoms with Gasteiger partial charge in [0.1, 0.15) is 0 Å². The van der Waals surface area contributed by atoms with Gasteiger partial charge in [-0.15, -0.1) is 0 Å². The minimum atomic E-state index is -4.36. The van der Waals surface area contributed by atoms with E-state index in [4.69, 9.17) is 23.2 Å². The molecule has 1 aliphatic heterocycles. The summed E-state index contributed by atoms with van der Waals surface area (Å²) in [5.41, 5.74) is -0.186. The Bertz CT molecular complexity index is 1420. The van der Waals surface area contributed by atoms with Gasteiger partial charge < -0.3 is 15.3 Å². The molecule has 2 amide bonds. The topological polar surface area (TPSA) is 167 Å². The molecule has 2 aliphatic rings. The van der Waals surface area contributed by atoms with Crippen LogP contribution < -0.4 is 5.32 Å². The molecule has 2 N–H and O–H groups in total. The van der Waals surface area contributed by atoms with E-state index < -0.39 is 45.5 Å². The Hall–Kier alpha value is -3.26. The first-order valence-corrected chi connectivity index (χ1v) is 13.6. The highest BCUT2D eigenvalue weighted by atomic mass is 35.5. The summed E-state index contributed by atoms with van der Waals surface area (Å²) in [6.07, 6.45) is -1.04. The molecule has 1 saturated carbocycles. The molecule has 38 heavy (non-hydrogen) atoms. The number of hydrogen-bond donors (Lipinski definition) is 2. The highest BCUT2D eigenvalue weighted by Gasteiger charge is 2.49. The monoisotopic (exact) mass is 584 g/mol. The first-order valence-electron chi connectivity index (χ1n) is 11.4. The van der Waals surface area contributed by atoms with E-state index in [2.05, 4.69) is 5.32 Å².